The summed E-state index contributed by atoms with van der Waals surface area (Å²) >= 11 is 5.48. The Kier molecular flexibility index (Phi) is 6.01. The molecule has 0 saturated heterocycles. The van der Waals surface area contributed by atoms with Crippen LogP contribution in [0, 0.1) is 5.41 Å². The van der Waals surface area contributed by atoms with Crippen molar-refractivity contribution in [2.24, 2.45) is 5.41 Å². The zero-order chi connectivity index (χ0) is 12.0. The van der Waals surface area contributed by atoms with Crippen LogP contribution in [0.25, 0.3) is 0 Å². The van der Waals surface area contributed by atoms with E-state index in [4.69, 9.17) is 0 Å². The fourth-order valence-electron chi connectivity index (χ4n) is 1.72. The Labute approximate surface area is 112 Å². The third kappa shape index (κ3) is 4.19. The van der Waals surface area contributed by atoms with Gasteiger partial charge in [0.2, 0.25) is 0 Å². The molecule has 1 unspecified atom stereocenters. The molecule has 1 aromatic rings. The summed E-state index contributed by atoms with van der Waals surface area (Å²) in [5, 5.41) is 5.71. The molecule has 92 valence electrons. The summed E-state index contributed by atoms with van der Waals surface area (Å²) in [7, 11) is 0. The van der Waals surface area contributed by atoms with Gasteiger partial charge in [0, 0.05) is 15.9 Å². The van der Waals surface area contributed by atoms with Crippen LogP contribution in [0.4, 0.5) is 0 Å². The average molecular weight is 304 g/mol. The Hall–Kier alpha value is 0.140. The van der Waals surface area contributed by atoms with E-state index in [2.05, 4.69) is 53.5 Å². The highest BCUT2D eigenvalue weighted by molar-refractivity contribution is 9.10. The van der Waals surface area contributed by atoms with Crippen LogP contribution >= 0.6 is 27.3 Å². The van der Waals surface area contributed by atoms with Gasteiger partial charge in [-0.2, -0.15) is 0 Å². The zero-order valence-corrected chi connectivity index (χ0v) is 12.9. The molecule has 3 heteroatoms. The molecule has 0 amide bonds. The van der Waals surface area contributed by atoms with Crippen molar-refractivity contribution in [2.75, 3.05) is 13.1 Å². The lowest BCUT2D eigenvalue weighted by Crippen LogP contribution is -2.33. The predicted octanol–water partition coefficient (Wildman–Crippen LogP) is 4.47. The quantitative estimate of drug-likeness (QED) is 0.733. The number of thiophene rings is 1. The van der Waals surface area contributed by atoms with E-state index in [1.54, 1.807) is 0 Å². The van der Waals surface area contributed by atoms with Gasteiger partial charge in [-0.1, -0.05) is 20.8 Å². The van der Waals surface area contributed by atoms with E-state index in [1.807, 2.05) is 11.3 Å². The highest BCUT2D eigenvalue weighted by atomic mass is 79.9. The summed E-state index contributed by atoms with van der Waals surface area (Å²) in [5.41, 5.74) is 0.378. The van der Waals surface area contributed by atoms with Gasteiger partial charge in [-0.3, -0.25) is 0 Å². The van der Waals surface area contributed by atoms with Gasteiger partial charge in [0.15, 0.2) is 0 Å². The molecule has 1 nitrogen and oxygen atoms in total. The van der Waals surface area contributed by atoms with Crippen molar-refractivity contribution in [1.29, 1.82) is 0 Å². The summed E-state index contributed by atoms with van der Waals surface area (Å²) in [6.07, 6.45) is 3.59. The highest BCUT2D eigenvalue weighted by Gasteiger charge is 2.23. The molecular formula is C13H22BrNS. The van der Waals surface area contributed by atoms with E-state index in [0.717, 1.165) is 13.1 Å². The second-order valence-corrected chi connectivity index (χ2v) is 6.56. The second kappa shape index (κ2) is 6.77. The van der Waals surface area contributed by atoms with Gasteiger partial charge in [0.05, 0.1) is 0 Å². The molecule has 0 spiro atoms. The molecule has 0 aliphatic carbocycles. The number of hydrogen-bond donors (Lipinski definition) is 1. The van der Waals surface area contributed by atoms with Crippen molar-refractivity contribution in [3.05, 3.63) is 20.8 Å². The van der Waals surface area contributed by atoms with Gasteiger partial charge in [0.25, 0.3) is 0 Å². The van der Waals surface area contributed by atoms with Gasteiger partial charge in [-0.05, 0) is 58.6 Å². The minimum absolute atomic E-state index is 0.378. The van der Waals surface area contributed by atoms with Crippen LogP contribution in [0.3, 0.4) is 0 Å². The van der Waals surface area contributed by atoms with Gasteiger partial charge in [-0.15, -0.1) is 11.3 Å². The monoisotopic (exact) mass is 303 g/mol. The van der Waals surface area contributed by atoms with Crippen LogP contribution in [0.2, 0.25) is 0 Å². The maximum atomic E-state index is 3.62. The number of rotatable bonds is 7. The third-order valence-electron chi connectivity index (χ3n) is 3.11. The van der Waals surface area contributed by atoms with Crippen molar-refractivity contribution in [3.8, 4) is 0 Å². The van der Waals surface area contributed by atoms with Crippen LogP contribution in [0.5, 0.6) is 0 Å². The zero-order valence-electron chi connectivity index (χ0n) is 10.5. The van der Waals surface area contributed by atoms with E-state index in [0.29, 0.717) is 5.41 Å². The minimum atomic E-state index is 0.378. The summed E-state index contributed by atoms with van der Waals surface area (Å²) in [5.74, 6) is 0. The van der Waals surface area contributed by atoms with Crippen molar-refractivity contribution in [2.45, 2.75) is 40.0 Å². The molecule has 0 saturated carbocycles. The Balaban J connectivity index is 2.55. The van der Waals surface area contributed by atoms with Crippen LogP contribution in [0.1, 0.15) is 38.5 Å². The molecule has 1 rings (SSSR count). The van der Waals surface area contributed by atoms with Crippen molar-refractivity contribution >= 4 is 27.3 Å². The molecule has 1 aromatic heterocycles. The standard InChI is InChI=1S/C13H22BrNS/c1-4-7-15-10-13(3,5-2)9-12-11(14)6-8-16-12/h6,8,15H,4-5,7,9-10H2,1-3H3. The Morgan fingerprint density at radius 1 is 1.44 bits per heavy atom. The smallest absolute Gasteiger partial charge is 0.0314 e. The molecule has 0 aromatic carbocycles. The third-order valence-corrected chi connectivity index (χ3v) is 5.04. The normalized spacial score (nSPS) is 15.0. The molecule has 0 bridgehead atoms. The lowest BCUT2D eigenvalue weighted by Gasteiger charge is -2.28. The van der Waals surface area contributed by atoms with Gasteiger partial charge < -0.3 is 5.32 Å². The van der Waals surface area contributed by atoms with E-state index < -0.39 is 0 Å². The van der Waals surface area contributed by atoms with Crippen molar-refractivity contribution in [1.82, 2.24) is 5.32 Å². The molecule has 1 N–H and O–H groups in total. The van der Waals surface area contributed by atoms with Crippen LogP contribution in [-0.4, -0.2) is 13.1 Å². The molecule has 16 heavy (non-hydrogen) atoms. The van der Waals surface area contributed by atoms with Gasteiger partial charge >= 0.3 is 0 Å². The maximum absolute atomic E-state index is 3.62. The number of halogens is 1. The Morgan fingerprint density at radius 3 is 2.69 bits per heavy atom. The van der Waals surface area contributed by atoms with Gasteiger partial charge in [-0.25, -0.2) is 0 Å². The first-order valence-corrected chi connectivity index (χ1v) is 7.71. The fraction of sp³-hybridized carbons (Fsp3) is 0.692. The molecule has 0 aliphatic heterocycles. The average Bonchev–Trinajstić information content (AvgIpc) is 2.65. The summed E-state index contributed by atoms with van der Waals surface area (Å²) < 4.78 is 1.27. The van der Waals surface area contributed by atoms with E-state index >= 15 is 0 Å². The number of hydrogen-bond acceptors (Lipinski definition) is 2. The topological polar surface area (TPSA) is 12.0 Å². The predicted molar refractivity (Wildman–Crippen MR) is 77.3 cm³/mol. The first kappa shape index (κ1) is 14.2. The van der Waals surface area contributed by atoms with Crippen LogP contribution in [-0.2, 0) is 6.42 Å². The van der Waals surface area contributed by atoms with E-state index in [1.165, 1.54) is 28.6 Å². The van der Waals surface area contributed by atoms with Crippen molar-refractivity contribution < 1.29 is 0 Å². The van der Waals surface area contributed by atoms with E-state index in [9.17, 15) is 0 Å². The molecular weight excluding hydrogens is 282 g/mol. The van der Waals surface area contributed by atoms with Crippen LogP contribution in [0.15, 0.2) is 15.9 Å². The lowest BCUT2D eigenvalue weighted by atomic mass is 9.83. The minimum Gasteiger partial charge on any atom is -0.316 e. The highest BCUT2D eigenvalue weighted by Crippen LogP contribution is 2.32. The largest absolute Gasteiger partial charge is 0.316 e. The number of nitrogens with one attached hydrogen (secondary N) is 1. The molecule has 0 fully saturated rings. The summed E-state index contributed by atoms with van der Waals surface area (Å²) in [6, 6.07) is 2.15. The maximum Gasteiger partial charge on any atom is 0.0314 e. The molecule has 1 heterocycles. The van der Waals surface area contributed by atoms with Gasteiger partial charge in [0.1, 0.15) is 0 Å². The Morgan fingerprint density at radius 2 is 2.19 bits per heavy atom. The fourth-order valence-corrected chi connectivity index (χ4v) is 3.43. The SMILES string of the molecule is CCCNCC(C)(CC)Cc1sccc1Br. The molecule has 1 atom stereocenters. The van der Waals surface area contributed by atoms with E-state index in [-0.39, 0.29) is 0 Å². The second-order valence-electron chi connectivity index (χ2n) is 4.71. The summed E-state index contributed by atoms with van der Waals surface area (Å²) in [6.45, 7) is 9.12. The first-order valence-electron chi connectivity index (χ1n) is 6.04. The Bertz CT molecular complexity index is 311. The lowest BCUT2D eigenvalue weighted by molar-refractivity contribution is 0.292. The van der Waals surface area contributed by atoms with Crippen molar-refractivity contribution in [3.63, 3.8) is 0 Å². The summed E-state index contributed by atoms with van der Waals surface area (Å²) in [4.78, 5) is 1.47. The molecule has 0 radical (unpaired) electrons. The first-order chi connectivity index (χ1) is 7.61. The molecule has 0 aliphatic rings. The van der Waals surface area contributed by atoms with Crippen LogP contribution < -0.4 is 5.32 Å².